The zero-order valence-electron chi connectivity index (χ0n) is 31.1. The van der Waals surface area contributed by atoms with Gasteiger partial charge in [0, 0.05) is 27.6 Å². The second-order valence-corrected chi connectivity index (χ2v) is 16.0. The number of fused-ring (bicyclic) bond motifs is 1. The lowest BCUT2D eigenvalue weighted by atomic mass is 10.0. The van der Waals surface area contributed by atoms with Crippen LogP contribution in [0.1, 0.15) is 76.4 Å². The molecule has 3 aromatic carbocycles. The summed E-state index contributed by atoms with van der Waals surface area (Å²) < 4.78 is 10.6. The molecule has 0 spiro atoms. The maximum atomic E-state index is 13.7. The number of aryl methyl sites for hydroxylation is 1. The number of nitrogens with zero attached hydrogens (tertiary/aromatic N) is 1. The van der Waals surface area contributed by atoms with Crippen molar-refractivity contribution in [1.29, 1.82) is 0 Å². The van der Waals surface area contributed by atoms with E-state index in [1.807, 2.05) is 50.2 Å². The van der Waals surface area contributed by atoms with Gasteiger partial charge in [-0.25, -0.2) is 9.59 Å². The quantitative estimate of drug-likeness (QED) is 0.0791. The number of hydrogen-bond acceptors (Lipinski definition) is 9. The van der Waals surface area contributed by atoms with E-state index >= 15 is 0 Å². The summed E-state index contributed by atoms with van der Waals surface area (Å²) in [5.74, 6) is -1.81. The fourth-order valence-electron chi connectivity index (χ4n) is 5.66. The molecule has 282 valence electrons. The van der Waals surface area contributed by atoms with Crippen molar-refractivity contribution in [3.8, 4) is 0 Å². The molecule has 1 unspecified atom stereocenters. The standard InChI is InChI=1S/C41H44N4O7S2/c1-7-32(37(48)44-38-34(39(49)51-6)30-20-21-45(24-33(30)54-38)40(50)52-41(3,4)5)53-29-19-13-18-28(23-29)42-36(47)31(22-27-17-12-11-14-25(27)2)43-35(46)26-15-9-8-10-16-26/h8-19,22-23,32H,7,20-21,24H2,1-6H3,(H,42,47)(H,43,46)(H,44,48)/b31-22-. The molecule has 2 heterocycles. The Morgan fingerprint density at radius 1 is 0.963 bits per heavy atom. The average molecular weight is 769 g/mol. The third-order valence-corrected chi connectivity index (χ3v) is 10.9. The Hall–Kier alpha value is -5.40. The van der Waals surface area contributed by atoms with E-state index < -0.39 is 34.7 Å². The molecule has 3 N–H and O–H groups in total. The molecular weight excluding hydrogens is 725 g/mol. The van der Waals surface area contributed by atoms with E-state index in [0.717, 1.165) is 26.5 Å². The van der Waals surface area contributed by atoms with Crippen LogP contribution >= 0.6 is 23.1 Å². The molecule has 4 aromatic rings. The Bertz CT molecular complexity index is 2070. The number of esters is 1. The SMILES string of the molecule is CCC(Sc1cccc(NC(=O)/C(=C/c2ccccc2C)NC(=O)c2ccccc2)c1)C(=O)Nc1sc2c(c1C(=O)OC)CCN(C(=O)OC(C)(C)C)C2. The average Bonchev–Trinajstić information content (AvgIpc) is 3.50. The van der Waals surface area contributed by atoms with Gasteiger partial charge in [0.1, 0.15) is 16.3 Å². The summed E-state index contributed by atoms with van der Waals surface area (Å²) in [4.78, 5) is 69.4. The number of carbonyl (C=O) groups is 5. The molecule has 0 saturated carbocycles. The van der Waals surface area contributed by atoms with Gasteiger partial charge in [-0.05, 0) is 93.6 Å². The number of hydrogen-bond donors (Lipinski definition) is 3. The topological polar surface area (TPSA) is 143 Å². The Labute approximate surface area is 323 Å². The molecule has 13 heteroatoms. The number of thiophene rings is 1. The highest BCUT2D eigenvalue weighted by Crippen LogP contribution is 2.39. The smallest absolute Gasteiger partial charge is 0.410 e. The maximum absolute atomic E-state index is 13.7. The molecule has 1 aromatic heterocycles. The highest BCUT2D eigenvalue weighted by molar-refractivity contribution is 8.00. The van der Waals surface area contributed by atoms with Gasteiger partial charge in [-0.15, -0.1) is 23.1 Å². The number of nitrogens with one attached hydrogen (secondary N) is 3. The first-order valence-electron chi connectivity index (χ1n) is 17.5. The molecule has 0 bridgehead atoms. The van der Waals surface area contributed by atoms with E-state index in [1.54, 1.807) is 74.2 Å². The molecule has 4 amide bonds. The lowest BCUT2D eigenvalue weighted by Crippen LogP contribution is -2.39. The van der Waals surface area contributed by atoms with Gasteiger partial charge < -0.3 is 30.3 Å². The summed E-state index contributed by atoms with van der Waals surface area (Å²) in [6.45, 7) is 9.83. The highest BCUT2D eigenvalue weighted by atomic mass is 32.2. The second kappa shape index (κ2) is 17.6. The predicted octanol–water partition coefficient (Wildman–Crippen LogP) is 8.06. The Morgan fingerprint density at radius 3 is 2.37 bits per heavy atom. The zero-order chi connectivity index (χ0) is 39.0. The monoisotopic (exact) mass is 768 g/mol. The van der Waals surface area contributed by atoms with Crippen LogP contribution in [0.2, 0.25) is 0 Å². The fourth-order valence-corrected chi connectivity index (χ4v) is 7.93. The summed E-state index contributed by atoms with van der Waals surface area (Å²) in [6, 6.07) is 23.3. The van der Waals surface area contributed by atoms with Gasteiger partial charge in [-0.3, -0.25) is 14.4 Å². The molecule has 54 heavy (non-hydrogen) atoms. The molecule has 0 radical (unpaired) electrons. The number of thioether (sulfide) groups is 1. The minimum Gasteiger partial charge on any atom is -0.465 e. The molecule has 0 saturated heterocycles. The molecular formula is C41H44N4O7S2. The number of ether oxygens (including phenoxy) is 2. The fraction of sp³-hybridized carbons (Fsp3) is 0.293. The summed E-state index contributed by atoms with van der Waals surface area (Å²) in [7, 11) is 1.29. The number of methoxy groups -OCH3 is 1. The summed E-state index contributed by atoms with van der Waals surface area (Å²) in [5, 5.41) is 8.44. The van der Waals surface area contributed by atoms with Crippen molar-refractivity contribution in [2.24, 2.45) is 0 Å². The molecule has 11 nitrogen and oxygen atoms in total. The van der Waals surface area contributed by atoms with E-state index in [9.17, 15) is 24.0 Å². The van der Waals surface area contributed by atoms with Crippen molar-refractivity contribution >= 4 is 69.6 Å². The largest absolute Gasteiger partial charge is 0.465 e. The second-order valence-electron chi connectivity index (χ2n) is 13.6. The van der Waals surface area contributed by atoms with Crippen molar-refractivity contribution in [3.63, 3.8) is 0 Å². The van der Waals surface area contributed by atoms with Gasteiger partial charge in [0.25, 0.3) is 11.8 Å². The van der Waals surface area contributed by atoms with E-state index in [1.165, 1.54) is 30.2 Å². The summed E-state index contributed by atoms with van der Waals surface area (Å²) in [6.07, 6.45) is 2.07. The number of carbonyl (C=O) groups excluding carboxylic acids is 5. The molecule has 0 aliphatic carbocycles. The molecule has 0 fully saturated rings. The van der Waals surface area contributed by atoms with Gasteiger partial charge in [0.15, 0.2) is 0 Å². The van der Waals surface area contributed by atoms with Gasteiger partial charge in [0.05, 0.1) is 24.5 Å². The van der Waals surface area contributed by atoms with E-state index in [2.05, 4.69) is 16.0 Å². The van der Waals surface area contributed by atoms with Crippen LogP contribution in [0.15, 0.2) is 89.5 Å². The molecule has 1 atom stereocenters. The van der Waals surface area contributed by atoms with E-state index in [0.29, 0.717) is 41.2 Å². The lowest BCUT2D eigenvalue weighted by Gasteiger charge is -2.30. The number of amides is 4. The third-order valence-electron chi connectivity index (χ3n) is 8.39. The Balaban J connectivity index is 1.31. The van der Waals surface area contributed by atoms with Crippen LogP contribution in [-0.4, -0.2) is 59.2 Å². The number of anilines is 2. The van der Waals surface area contributed by atoms with Gasteiger partial charge in [-0.1, -0.05) is 55.5 Å². The van der Waals surface area contributed by atoms with Crippen LogP contribution in [0.25, 0.3) is 6.08 Å². The molecule has 1 aliphatic heterocycles. The highest BCUT2D eigenvalue weighted by Gasteiger charge is 2.33. The number of rotatable bonds is 11. The maximum Gasteiger partial charge on any atom is 0.410 e. The minimum absolute atomic E-state index is 0.0660. The van der Waals surface area contributed by atoms with E-state index in [-0.39, 0.29) is 18.1 Å². The lowest BCUT2D eigenvalue weighted by molar-refractivity contribution is -0.116. The van der Waals surface area contributed by atoms with Crippen LogP contribution in [0.4, 0.5) is 15.5 Å². The number of benzene rings is 3. The van der Waals surface area contributed by atoms with Crippen LogP contribution in [0.5, 0.6) is 0 Å². The first-order chi connectivity index (χ1) is 25.8. The van der Waals surface area contributed by atoms with Crippen LogP contribution in [0.3, 0.4) is 0 Å². The van der Waals surface area contributed by atoms with Crippen molar-refractivity contribution in [1.82, 2.24) is 10.2 Å². The first-order valence-corrected chi connectivity index (χ1v) is 19.2. The van der Waals surface area contributed by atoms with Crippen LogP contribution in [0, 0.1) is 6.92 Å². The minimum atomic E-state index is -0.650. The zero-order valence-corrected chi connectivity index (χ0v) is 32.7. The molecule has 1 aliphatic rings. The van der Waals surface area contributed by atoms with Crippen molar-refractivity contribution in [3.05, 3.63) is 117 Å². The van der Waals surface area contributed by atoms with E-state index in [4.69, 9.17) is 9.47 Å². The van der Waals surface area contributed by atoms with Gasteiger partial charge >= 0.3 is 12.1 Å². The third kappa shape index (κ3) is 10.2. The first kappa shape index (κ1) is 39.8. The van der Waals surface area contributed by atoms with Crippen molar-refractivity contribution in [2.45, 2.75) is 69.8 Å². The Morgan fingerprint density at radius 2 is 1.69 bits per heavy atom. The summed E-state index contributed by atoms with van der Waals surface area (Å²) in [5.41, 5.74) is 3.06. The predicted molar refractivity (Wildman–Crippen MR) is 213 cm³/mol. The van der Waals surface area contributed by atoms with Crippen molar-refractivity contribution < 1.29 is 33.4 Å². The normalized spacial score (nSPS) is 13.3. The van der Waals surface area contributed by atoms with Crippen LogP contribution in [-0.2, 0) is 32.0 Å². The van der Waals surface area contributed by atoms with Gasteiger partial charge in [0.2, 0.25) is 5.91 Å². The van der Waals surface area contributed by atoms with Crippen LogP contribution < -0.4 is 16.0 Å². The van der Waals surface area contributed by atoms with Gasteiger partial charge in [-0.2, -0.15) is 0 Å². The molecule has 5 rings (SSSR count). The summed E-state index contributed by atoms with van der Waals surface area (Å²) >= 11 is 2.56. The Kier molecular flexibility index (Phi) is 13.0. The van der Waals surface area contributed by atoms with Crippen molar-refractivity contribution in [2.75, 3.05) is 24.3 Å².